The quantitative estimate of drug-likeness (QED) is 0.607. The normalized spacial score (nSPS) is 28.2. The molecule has 0 spiro atoms. The van der Waals surface area contributed by atoms with Gasteiger partial charge in [0.25, 0.3) is 0 Å². The number of hydrogen-bond donors (Lipinski definition) is 1. The van der Waals surface area contributed by atoms with Gasteiger partial charge < -0.3 is 5.11 Å². The van der Waals surface area contributed by atoms with Crippen molar-refractivity contribution in [3.8, 4) is 0 Å². The van der Waals surface area contributed by atoms with Crippen LogP contribution in [0.1, 0.15) is 40.0 Å². The van der Waals surface area contributed by atoms with Crippen molar-refractivity contribution in [3.05, 3.63) is 23.8 Å². The van der Waals surface area contributed by atoms with E-state index in [1.165, 1.54) is 11.1 Å². The summed E-state index contributed by atoms with van der Waals surface area (Å²) in [7, 11) is 0. The zero-order valence-corrected chi connectivity index (χ0v) is 8.93. The van der Waals surface area contributed by atoms with Crippen LogP contribution in [0.15, 0.2) is 23.8 Å². The Kier molecular flexibility index (Phi) is 2.97. The molecule has 0 unspecified atom stereocenters. The molecule has 0 bridgehead atoms. The summed E-state index contributed by atoms with van der Waals surface area (Å²) in [5.74, 6) is 0. The van der Waals surface area contributed by atoms with Crippen LogP contribution >= 0.6 is 0 Å². The number of aliphatic hydroxyl groups is 1. The van der Waals surface area contributed by atoms with Crippen molar-refractivity contribution in [2.75, 3.05) is 0 Å². The van der Waals surface area contributed by atoms with Crippen molar-refractivity contribution in [2.24, 2.45) is 5.41 Å². The topological polar surface area (TPSA) is 20.2 Å². The number of aliphatic hydroxyl groups excluding tert-OH is 1. The van der Waals surface area contributed by atoms with Crippen LogP contribution in [0.25, 0.3) is 0 Å². The van der Waals surface area contributed by atoms with Gasteiger partial charge in [-0.05, 0) is 30.3 Å². The summed E-state index contributed by atoms with van der Waals surface area (Å²) >= 11 is 0. The maximum Gasteiger partial charge on any atom is 0.0583 e. The van der Waals surface area contributed by atoms with Gasteiger partial charge in [-0.3, -0.25) is 0 Å². The lowest BCUT2D eigenvalue weighted by Gasteiger charge is -2.25. The third-order valence-corrected chi connectivity index (χ3v) is 2.30. The Hall–Kier alpha value is -0.560. The van der Waals surface area contributed by atoms with E-state index in [9.17, 15) is 5.11 Å². The number of rotatable bonds is 0. The van der Waals surface area contributed by atoms with E-state index in [0.717, 1.165) is 19.3 Å². The molecular formula is C12H20O. The summed E-state index contributed by atoms with van der Waals surface area (Å²) in [4.78, 5) is 0. The van der Waals surface area contributed by atoms with Gasteiger partial charge in [-0.25, -0.2) is 0 Å². The molecule has 0 saturated heterocycles. The second-order valence-electron chi connectivity index (χ2n) is 5.04. The lowest BCUT2D eigenvalue weighted by Crippen LogP contribution is -2.16. The highest BCUT2D eigenvalue weighted by atomic mass is 16.3. The highest BCUT2D eigenvalue weighted by Crippen LogP contribution is 2.31. The van der Waals surface area contributed by atoms with E-state index in [2.05, 4.69) is 33.4 Å². The van der Waals surface area contributed by atoms with Gasteiger partial charge in [-0.2, -0.15) is 0 Å². The van der Waals surface area contributed by atoms with Crippen LogP contribution in [-0.4, -0.2) is 11.2 Å². The third-order valence-electron chi connectivity index (χ3n) is 2.30. The molecular weight excluding hydrogens is 160 g/mol. The minimum Gasteiger partial charge on any atom is -0.393 e. The molecule has 1 nitrogen and oxygen atoms in total. The predicted molar refractivity (Wildman–Crippen MR) is 56.5 cm³/mol. The Morgan fingerprint density at radius 3 is 2.62 bits per heavy atom. The van der Waals surface area contributed by atoms with Crippen LogP contribution in [0.2, 0.25) is 0 Å². The molecule has 1 fully saturated rings. The van der Waals surface area contributed by atoms with Crippen LogP contribution in [0.4, 0.5) is 0 Å². The lowest BCUT2D eigenvalue weighted by molar-refractivity contribution is 0.157. The first-order chi connectivity index (χ1) is 5.88. The van der Waals surface area contributed by atoms with Gasteiger partial charge in [-0.15, -0.1) is 0 Å². The Balaban J connectivity index is 2.77. The van der Waals surface area contributed by atoms with E-state index in [4.69, 9.17) is 0 Å². The van der Waals surface area contributed by atoms with Crippen molar-refractivity contribution in [1.82, 2.24) is 0 Å². The van der Waals surface area contributed by atoms with Crippen LogP contribution in [0, 0.1) is 5.41 Å². The van der Waals surface area contributed by atoms with Gasteiger partial charge >= 0.3 is 0 Å². The minimum atomic E-state index is -0.154. The van der Waals surface area contributed by atoms with Crippen molar-refractivity contribution in [1.29, 1.82) is 0 Å². The third kappa shape index (κ3) is 3.35. The fraction of sp³-hybridized carbons (Fsp3) is 0.667. The first kappa shape index (κ1) is 10.5. The predicted octanol–water partition coefficient (Wildman–Crippen LogP) is 3.06. The van der Waals surface area contributed by atoms with Crippen LogP contribution in [0.5, 0.6) is 0 Å². The summed E-state index contributed by atoms with van der Waals surface area (Å²) in [5, 5.41) is 9.51. The van der Waals surface area contributed by atoms with E-state index >= 15 is 0 Å². The van der Waals surface area contributed by atoms with E-state index in [0.29, 0.717) is 0 Å². The first-order valence-electron chi connectivity index (χ1n) is 4.96. The van der Waals surface area contributed by atoms with E-state index < -0.39 is 0 Å². The largest absolute Gasteiger partial charge is 0.393 e. The van der Waals surface area contributed by atoms with Crippen molar-refractivity contribution < 1.29 is 5.11 Å². The molecule has 1 saturated carbocycles. The van der Waals surface area contributed by atoms with Crippen molar-refractivity contribution >= 4 is 0 Å². The SMILES string of the molecule is C=C1CC[C@H](O)C/C1=C/C(C)(C)C. The van der Waals surface area contributed by atoms with E-state index in [1.807, 2.05) is 0 Å². The molecule has 0 aromatic heterocycles. The average Bonchev–Trinajstić information content (AvgIpc) is 1.94. The maximum atomic E-state index is 9.51. The van der Waals surface area contributed by atoms with Gasteiger partial charge in [0.1, 0.15) is 0 Å². The average molecular weight is 180 g/mol. The summed E-state index contributed by atoms with van der Waals surface area (Å²) in [6, 6.07) is 0. The molecule has 0 heterocycles. The molecule has 0 aliphatic heterocycles. The van der Waals surface area contributed by atoms with Gasteiger partial charge in [-0.1, -0.05) is 39.0 Å². The summed E-state index contributed by atoms with van der Waals surface area (Å²) < 4.78 is 0. The fourth-order valence-corrected chi connectivity index (χ4v) is 1.69. The fourth-order valence-electron chi connectivity index (χ4n) is 1.69. The molecule has 1 aliphatic rings. The smallest absolute Gasteiger partial charge is 0.0583 e. The zero-order valence-electron chi connectivity index (χ0n) is 8.93. The number of allylic oxidation sites excluding steroid dienone is 2. The molecule has 1 aliphatic carbocycles. The first-order valence-corrected chi connectivity index (χ1v) is 4.96. The molecule has 1 rings (SSSR count). The van der Waals surface area contributed by atoms with Gasteiger partial charge in [0, 0.05) is 0 Å². The highest BCUT2D eigenvalue weighted by molar-refractivity contribution is 5.32. The molecule has 0 amide bonds. The Labute approximate surface area is 81.2 Å². The van der Waals surface area contributed by atoms with E-state index in [1.54, 1.807) is 0 Å². The van der Waals surface area contributed by atoms with Crippen LogP contribution in [0.3, 0.4) is 0 Å². The monoisotopic (exact) mass is 180 g/mol. The molecule has 1 N–H and O–H groups in total. The molecule has 74 valence electrons. The van der Waals surface area contributed by atoms with Gasteiger partial charge in [0.05, 0.1) is 6.10 Å². The van der Waals surface area contributed by atoms with E-state index in [-0.39, 0.29) is 11.5 Å². The zero-order chi connectivity index (χ0) is 10.1. The van der Waals surface area contributed by atoms with Gasteiger partial charge in [0.2, 0.25) is 0 Å². The standard InChI is InChI=1S/C12H20O/c1-9-5-6-11(13)7-10(9)8-12(2,3)4/h8,11,13H,1,5-7H2,2-4H3/b10-8-/t11-/m0/s1. The van der Waals surface area contributed by atoms with Crippen LogP contribution < -0.4 is 0 Å². The summed E-state index contributed by atoms with van der Waals surface area (Å²) in [5.41, 5.74) is 2.65. The molecule has 0 radical (unpaired) electrons. The minimum absolute atomic E-state index is 0.154. The van der Waals surface area contributed by atoms with Crippen molar-refractivity contribution in [3.63, 3.8) is 0 Å². The number of hydrogen-bond acceptors (Lipinski definition) is 1. The maximum absolute atomic E-state index is 9.51. The Morgan fingerprint density at radius 1 is 1.46 bits per heavy atom. The second-order valence-corrected chi connectivity index (χ2v) is 5.04. The summed E-state index contributed by atoms with van der Waals surface area (Å²) in [6.07, 6.45) is 4.69. The summed E-state index contributed by atoms with van der Waals surface area (Å²) in [6.45, 7) is 10.6. The molecule has 0 aromatic carbocycles. The Morgan fingerprint density at radius 2 is 2.08 bits per heavy atom. The highest BCUT2D eigenvalue weighted by Gasteiger charge is 2.19. The van der Waals surface area contributed by atoms with Gasteiger partial charge in [0.15, 0.2) is 0 Å². The molecule has 1 heteroatoms. The second kappa shape index (κ2) is 3.67. The molecule has 0 aromatic rings. The molecule has 1 atom stereocenters. The van der Waals surface area contributed by atoms with Crippen molar-refractivity contribution in [2.45, 2.75) is 46.1 Å². The van der Waals surface area contributed by atoms with Crippen LogP contribution in [-0.2, 0) is 0 Å². The molecule has 13 heavy (non-hydrogen) atoms. The Bertz CT molecular complexity index is 230. The lowest BCUT2D eigenvalue weighted by atomic mass is 9.83.